The van der Waals surface area contributed by atoms with E-state index in [9.17, 15) is 9.90 Å². The number of benzene rings is 2. The van der Waals surface area contributed by atoms with Gasteiger partial charge < -0.3 is 14.9 Å². The maximum atomic E-state index is 10.6. The summed E-state index contributed by atoms with van der Waals surface area (Å²) in [5.74, 6) is -0.439. The number of ether oxygens (including phenoxy) is 1. The molecule has 0 saturated carbocycles. The van der Waals surface area contributed by atoms with Crippen LogP contribution in [0.5, 0.6) is 11.5 Å². The average Bonchev–Trinajstić information content (AvgIpc) is 2.46. The van der Waals surface area contributed by atoms with E-state index in [1.807, 2.05) is 0 Å². The highest BCUT2D eigenvalue weighted by Crippen LogP contribution is 2.30. The van der Waals surface area contributed by atoms with E-state index in [-0.39, 0.29) is 12.4 Å². The lowest BCUT2D eigenvalue weighted by molar-refractivity contribution is -0.131. The number of para-hydroxylation sites is 1. The van der Waals surface area contributed by atoms with Gasteiger partial charge in [0.15, 0.2) is 0 Å². The highest BCUT2D eigenvalue weighted by atomic mass is 35.5. The Hall–Kier alpha value is -2.46. The lowest BCUT2D eigenvalue weighted by atomic mass is 10.2. The maximum Gasteiger partial charge on any atom is 0.328 e. The minimum atomic E-state index is -1.04. The molecule has 0 atom stereocenters. The van der Waals surface area contributed by atoms with Crippen LogP contribution in [0, 0.1) is 0 Å². The first kappa shape index (κ1) is 14.9. The Bertz CT molecular complexity index is 662. The summed E-state index contributed by atoms with van der Waals surface area (Å²) in [6.45, 7) is 0.262. The summed E-state index contributed by atoms with van der Waals surface area (Å²) in [7, 11) is 0. The second-order valence-electron chi connectivity index (χ2n) is 4.28. The molecule has 0 spiro atoms. The topological polar surface area (TPSA) is 66.8 Å². The largest absolute Gasteiger partial charge is 0.508 e. The molecule has 2 aromatic rings. The van der Waals surface area contributed by atoms with Crippen molar-refractivity contribution in [2.24, 2.45) is 0 Å². The number of aromatic hydroxyl groups is 1. The fourth-order valence-corrected chi connectivity index (χ4v) is 1.95. The minimum absolute atomic E-state index is 0.182. The number of phenols is 1. The van der Waals surface area contributed by atoms with Crippen LogP contribution in [0.25, 0.3) is 6.08 Å². The van der Waals surface area contributed by atoms with Crippen molar-refractivity contribution >= 4 is 23.6 Å². The van der Waals surface area contributed by atoms with E-state index in [1.54, 1.807) is 42.5 Å². The highest BCUT2D eigenvalue weighted by molar-refractivity contribution is 6.32. The van der Waals surface area contributed by atoms with Gasteiger partial charge in [0, 0.05) is 11.6 Å². The molecule has 0 bridgehead atoms. The molecule has 2 aromatic carbocycles. The van der Waals surface area contributed by atoms with E-state index >= 15 is 0 Å². The summed E-state index contributed by atoms with van der Waals surface area (Å²) in [6.07, 6.45) is 2.46. The van der Waals surface area contributed by atoms with Crippen LogP contribution in [0.15, 0.2) is 48.5 Å². The van der Waals surface area contributed by atoms with Gasteiger partial charge in [-0.05, 0) is 29.8 Å². The van der Waals surface area contributed by atoms with Gasteiger partial charge in [0.05, 0.1) is 5.02 Å². The molecule has 0 aliphatic carbocycles. The van der Waals surface area contributed by atoms with Crippen LogP contribution < -0.4 is 4.74 Å². The average molecular weight is 305 g/mol. The summed E-state index contributed by atoms with van der Waals surface area (Å²) in [5.41, 5.74) is 1.45. The SMILES string of the molecule is O=C(O)/C=C/c1cccc(Cl)c1OCc1ccc(O)cc1. The third kappa shape index (κ3) is 4.26. The Morgan fingerprint density at radius 2 is 1.90 bits per heavy atom. The smallest absolute Gasteiger partial charge is 0.328 e. The number of carboxylic acids is 1. The van der Waals surface area contributed by atoms with Gasteiger partial charge in [-0.3, -0.25) is 0 Å². The zero-order valence-corrected chi connectivity index (χ0v) is 11.7. The molecule has 21 heavy (non-hydrogen) atoms. The van der Waals surface area contributed by atoms with Gasteiger partial charge in [0.1, 0.15) is 18.1 Å². The lowest BCUT2D eigenvalue weighted by Gasteiger charge is -2.11. The number of rotatable bonds is 5. The zero-order chi connectivity index (χ0) is 15.2. The molecule has 108 valence electrons. The first-order valence-corrected chi connectivity index (χ1v) is 6.54. The monoisotopic (exact) mass is 304 g/mol. The van der Waals surface area contributed by atoms with Crippen LogP contribution in [0.2, 0.25) is 5.02 Å². The van der Waals surface area contributed by atoms with Crippen molar-refractivity contribution in [3.8, 4) is 11.5 Å². The van der Waals surface area contributed by atoms with E-state index in [4.69, 9.17) is 21.4 Å². The minimum Gasteiger partial charge on any atom is -0.508 e. The Balaban J connectivity index is 2.18. The molecule has 0 fully saturated rings. The normalized spacial score (nSPS) is 10.7. The summed E-state index contributed by atoms with van der Waals surface area (Å²) in [4.78, 5) is 10.6. The van der Waals surface area contributed by atoms with Gasteiger partial charge in [-0.15, -0.1) is 0 Å². The van der Waals surface area contributed by atoms with Crippen molar-refractivity contribution in [1.29, 1.82) is 0 Å². The third-order valence-corrected chi connectivity index (χ3v) is 3.02. The van der Waals surface area contributed by atoms with Gasteiger partial charge in [0.25, 0.3) is 0 Å². The Morgan fingerprint density at radius 3 is 2.57 bits per heavy atom. The quantitative estimate of drug-likeness (QED) is 0.826. The molecule has 0 aliphatic rings. The van der Waals surface area contributed by atoms with Gasteiger partial charge >= 0.3 is 5.97 Å². The van der Waals surface area contributed by atoms with Crippen LogP contribution in [-0.4, -0.2) is 16.2 Å². The van der Waals surface area contributed by atoms with Crippen molar-refractivity contribution in [2.75, 3.05) is 0 Å². The number of hydrogen-bond acceptors (Lipinski definition) is 3. The molecule has 0 amide bonds. The van der Waals surface area contributed by atoms with E-state index in [2.05, 4.69) is 0 Å². The van der Waals surface area contributed by atoms with Crippen molar-refractivity contribution in [3.63, 3.8) is 0 Å². The lowest BCUT2D eigenvalue weighted by Crippen LogP contribution is -1.98. The van der Waals surface area contributed by atoms with Gasteiger partial charge in [-0.2, -0.15) is 0 Å². The van der Waals surface area contributed by atoms with Gasteiger partial charge in [-0.1, -0.05) is 35.9 Å². The fraction of sp³-hybridized carbons (Fsp3) is 0.0625. The van der Waals surface area contributed by atoms with Crippen LogP contribution in [-0.2, 0) is 11.4 Å². The number of halogens is 1. The number of phenolic OH excluding ortho intramolecular Hbond substituents is 1. The van der Waals surface area contributed by atoms with Crippen LogP contribution in [0.1, 0.15) is 11.1 Å². The van der Waals surface area contributed by atoms with E-state index < -0.39 is 5.97 Å². The second kappa shape index (κ2) is 6.81. The van der Waals surface area contributed by atoms with E-state index in [1.165, 1.54) is 6.08 Å². The van der Waals surface area contributed by atoms with Gasteiger partial charge in [-0.25, -0.2) is 4.79 Å². The maximum absolute atomic E-state index is 10.6. The highest BCUT2D eigenvalue weighted by Gasteiger charge is 2.07. The molecule has 2 N–H and O–H groups in total. The van der Waals surface area contributed by atoms with Crippen molar-refractivity contribution in [3.05, 3.63) is 64.7 Å². The molecular formula is C16H13ClO4. The standard InChI is InChI=1S/C16H13ClO4/c17-14-3-1-2-12(6-9-15(19)20)16(14)21-10-11-4-7-13(18)8-5-11/h1-9,18H,10H2,(H,19,20)/b9-6+. The number of hydrogen-bond donors (Lipinski definition) is 2. The molecule has 4 nitrogen and oxygen atoms in total. The molecule has 0 unspecified atom stereocenters. The molecule has 0 saturated heterocycles. The van der Waals surface area contributed by atoms with Crippen LogP contribution in [0.4, 0.5) is 0 Å². The molecule has 0 aromatic heterocycles. The summed E-state index contributed by atoms with van der Waals surface area (Å²) in [6, 6.07) is 11.7. The van der Waals surface area contributed by atoms with Gasteiger partial charge in [0.2, 0.25) is 0 Å². The molecular weight excluding hydrogens is 292 g/mol. The predicted molar refractivity (Wildman–Crippen MR) is 80.6 cm³/mol. The van der Waals surface area contributed by atoms with Crippen LogP contribution in [0.3, 0.4) is 0 Å². The number of aliphatic carboxylic acids is 1. The molecule has 2 rings (SSSR count). The van der Waals surface area contributed by atoms with Crippen molar-refractivity contribution in [2.45, 2.75) is 6.61 Å². The van der Waals surface area contributed by atoms with Crippen molar-refractivity contribution in [1.82, 2.24) is 0 Å². The van der Waals surface area contributed by atoms with Crippen LogP contribution >= 0.6 is 11.6 Å². The number of carbonyl (C=O) groups is 1. The zero-order valence-electron chi connectivity index (χ0n) is 11.0. The Labute approximate surface area is 126 Å². The van der Waals surface area contributed by atoms with E-state index in [0.29, 0.717) is 16.3 Å². The van der Waals surface area contributed by atoms with E-state index in [0.717, 1.165) is 11.6 Å². The fourth-order valence-electron chi connectivity index (χ4n) is 1.72. The first-order chi connectivity index (χ1) is 10.1. The number of carboxylic acid groups (broad SMARTS) is 1. The van der Waals surface area contributed by atoms with Crippen molar-refractivity contribution < 1.29 is 19.7 Å². The summed E-state index contributed by atoms with van der Waals surface area (Å²) >= 11 is 6.09. The predicted octanol–water partition coefficient (Wildman–Crippen LogP) is 3.72. The second-order valence-corrected chi connectivity index (χ2v) is 4.69. The Morgan fingerprint density at radius 1 is 1.19 bits per heavy atom. The Kier molecular flexibility index (Phi) is 4.85. The molecule has 0 radical (unpaired) electrons. The first-order valence-electron chi connectivity index (χ1n) is 6.16. The molecule has 0 aliphatic heterocycles. The third-order valence-electron chi connectivity index (χ3n) is 2.72. The summed E-state index contributed by atoms with van der Waals surface area (Å²) < 4.78 is 5.67. The molecule has 5 heteroatoms. The summed E-state index contributed by atoms with van der Waals surface area (Å²) in [5, 5.41) is 18.3. The molecule has 0 heterocycles.